The molecule has 1 heterocycles. The number of amides is 1. The van der Waals surface area contributed by atoms with Crippen molar-refractivity contribution in [3.63, 3.8) is 0 Å². The number of hydrogen-bond donors (Lipinski definition) is 2. The van der Waals surface area contributed by atoms with Crippen molar-refractivity contribution in [2.24, 2.45) is 11.1 Å². The first-order valence-corrected chi connectivity index (χ1v) is 7.76. The summed E-state index contributed by atoms with van der Waals surface area (Å²) in [7, 11) is 0. The minimum atomic E-state index is -0.547. The molecule has 120 valence electrons. The highest BCUT2D eigenvalue weighted by Gasteiger charge is 2.29. The van der Waals surface area contributed by atoms with E-state index in [0.717, 1.165) is 23.4 Å². The van der Waals surface area contributed by atoms with Gasteiger partial charge in [-0.25, -0.2) is 4.98 Å². The van der Waals surface area contributed by atoms with Crippen molar-refractivity contribution in [1.29, 1.82) is 0 Å². The van der Waals surface area contributed by atoms with Crippen LogP contribution in [0.1, 0.15) is 46.5 Å². The van der Waals surface area contributed by atoms with Crippen molar-refractivity contribution in [2.75, 3.05) is 0 Å². The SMILES string of the molecule is CCn1c(C(C)NC(=O)[C@@H](N)C(C)(C)C)nc2ccccc21. The highest BCUT2D eigenvalue weighted by atomic mass is 16.2. The third-order valence-electron chi connectivity index (χ3n) is 3.96. The molecule has 3 N–H and O–H groups in total. The molecule has 5 heteroatoms. The summed E-state index contributed by atoms with van der Waals surface area (Å²) >= 11 is 0. The summed E-state index contributed by atoms with van der Waals surface area (Å²) in [5, 5.41) is 2.99. The van der Waals surface area contributed by atoms with E-state index in [9.17, 15) is 4.79 Å². The predicted molar refractivity (Wildman–Crippen MR) is 89.4 cm³/mol. The van der Waals surface area contributed by atoms with E-state index in [0.29, 0.717) is 0 Å². The van der Waals surface area contributed by atoms with Crippen LogP contribution in [-0.2, 0) is 11.3 Å². The molecular formula is C17H26N4O. The second-order valence-electron chi connectivity index (χ2n) is 6.78. The zero-order chi connectivity index (χ0) is 16.5. The first kappa shape index (κ1) is 16.5. The summed E-state index contributed by atoms with van der Waals surface area (Å²) in [4.78, 5) is 17.0. The number of nitrogens with one attached hydrogen (secondary N) is 1. The first-order chi connectivity index (χ1) is 10.3. The summed E-state index contributed by atoms with van der Waals surface area (Å²) in [6.07, 6.45) is 0. The largest absolute Gasteiger partial charge is 0.345 e. The molecule has 2 rings (SSSR count). The number of nitrogens with zero attached hydrogens (tertiary/aromatic N) is 2. The summed E-state index contributed by atoms with van der Waals surface area (Å²) in [5.74, 6) is 0.716. The molecule has 2 atom stereocenters. The monoisotopic (exact) mass is 302 g/mol. The smallest absolute Gasteiger partial charge is 0.238 e. The third-order valence-corrected chi connectivity index (χ3v) is 3.96. The standard InChI is InChI=1S/C17H26N4O/c1-6-21-13-10-8-7-9-12(13)20-15(21)11(2)19-16(22)14(18)17(3,4)5/h7-11,14H,6,18H2,1-5H3,(H,19,22)/t11?,14-/m1/s1. The number of carbonyl (C=O) groups excluding carboxylic acids is 1. The fourth-order valence-electron chi connectivity index (χ4n) is 2.52. The minimum Gasteiger partial charge on any atom is -0.345 e. The summed E-state index contributed by atoms with van der Waals surface area (Å²) < 4.78 is 2.13. The molecule has 1 aromatic carbocycles. The van der Waals surface area contributed by atoms with E-state index in [1.54, 1.807) is 0 Å². The number of nitrogens with two attached hydrogens (primary N) is 1. The maximum Gasteiger partial charge on any atom is 0.238 e. The predicted octanol–water partition coefficient (Wildman–Crippen LogP) is 2.61. The molecule has 1 aromatic heterocycles. The van der Waals surface area contributed by atoms with Crippen molar-refractivity contribution >= 4 is 16.9 Å². The van der Waals surface area contributed by atoms with Gasteiger partial charge in [0.15, 0.2) is 0 Å². The number of hydrogen-bond acceptors (Lipinski definition) is 3. The Bertz CT molecular complexity index is 669. The fraction of sp³-hybridized carbons (Fsp3) is 0.529. The van der Waals surface area contributed by atoms with Crippen LogP contribution in [-0.4, -0.2) is 21.5 Å². The van der Waals surface area contributed by atoms with Gasteiger partial charge in [-0.1, -0.05) is 32.9 Å². The zero-order valence-electron chi connectivity index (χ0n) is 14.1. The van der Waals surface area contributed by atoms with Crippen molar-refractivity contribution in [3.05, 3.63) is 30.1 Å². The zero-order valence-corrected chi connectivity index (χ0v) is 14.1. The van der Waals surface area contributed by atoms with Crippen LogP contribution in [0.5, 0.6) is 0 Å². The molecule has 0 aliphatic heterocycles. The summed E-state index contributed by atoms with van der Waals surface area (Å²) in [6, 6.07) is 7.27. The van der Waals surface area contributed by atoms with E-state index in [4.69, 9.17) is 5.73 Å². The van der Waals surface area contributed by atoms with Gasteiger partial charge in [0.25, 0.3) is 0 Å². The fourth-order valence-corrected chi connectivity index (χ4v) is 2.52. The molecule has 2 aromatic rings. The lowest BCUT2D eigenvalue weighted by molar-refractivity contribution is -0.125. The molecule has 0 radical (unpaired) electrons. The molecule has 5 nitrogen and oxygen atoms in total. The van der Waals surface area contributed by atoms with Crippen molar-refractivity contribution in [2.45, 2.75) is 53.2 Å². The van der Waals surface area contributed by atoms with E-state index >= 15 is 0 Å². The van der Waals surface area contributed by atoms with E-state index < -0.39 is 6.04 Å². The Balaban J connectivity index is 2.26. The van der Waals surface area contributed by atoms with Crippen molar-refractivity contribution < 1.29 is 4.79 Å². The lowest BCUT2D eigenvalue weighted by atomic mass is 9.87. The molecule has 0 spiro atoms. The van der Waals surface area contributed by atoms with Gasteiger partial charge in [-0.15, -0.1) is 0 Å². The van der Waals surface area contributed by atoms with Gasteiger partial charge in [-0.3, -0.25) is 4.79 Å². The number of rotatable bonds is 4. The van der Waals surface area contributed by atoms with Crippen LogP contribution in [0.2, 0.25) is 0 Å². The van der Waals surface area contributed by atoms with Crippen LogP contribution in [0.3, 0.4) is 0 Å². The van der Waals surface area contributed by atoms with Crippen LogP contribution in [0.4, 0.5) is 0 Å². The third kappa shape index (κ3) is 3.14. The maximum absolute atomic E-state index is 12.3. The Morgan fingerprint density at radius 2 is 2.00 bits per heavy atom. The maximum atomic E-state index is 12.3. The van der Waals surface area contributed by atoms with Crippen molar-refractivity contribution in [1.82, 2.24) is 14.9 Å². The summed E-state index contributed by atoms with van der Waals surface area (Å²) in [6.45, 7) is 10.7. The van der Waals surface area contributed by atoms with Gasteiger partial charge < -0.3 is 15.6 Å². The summed E-state index contributed by atoms with van der Waals surface area (Å²) in [5.41, 5.74) is 7.79. The average Bonchev–Trinajstić information content (AvgIpc) is 2.83. The molecule has 1 unspecified atom stereocenters. The second kappa shape index (κ2) is 6.08. The Kier molecular flexibility index (Phi) is 4.56. The molecule has 0 aliphatic carbocycles. The molecular weight excluding hydrogens is 276 g/mol. The normalized spacial score (nSPS) is 14.8. The molecule has 0 saturated heterocycles. The number of aryl methyl sites for hydroxylation is 1. The minimum absolute atomic E-state index is 0.144. The van der Waals surface area contributed by atoms with Gasteiger partial charge in [0.1, 0.15) is 5.82 Å². The number of aromatic nitrogens is 2. The van der Waals surface area contributed by atoms with E-state index in [1.165, 1.54) is 0 Å². The van der Waals surface area contributed by atoms with Crippen LogP contribution in [0.25, 0.3) is 11.0 Å². The van der Waals surface area contributed by atoms with Gasteiger partial charge in [0.05, 0.1) is 23.1 Å². The molecule has 0 fully saturated rings. The van der Waals surface area contributed by atoms with Gasteiger partial charge in [-0.2, -0.15) is 0 Å². The topological polar surface area (TPSA) is 72.9 Å². The van der Waals surface area contributed by atoms with Crippen LogP contribution in [0.15, 0.2) is 24.3 Å². The van der Waals surface area contributed by atoms with Crippen molar-refractivity contribution in [3.8, 4) is 0 Å². The number of imidazole rings is 1. The lowest BCUT2D eigenvalue weighted by Crippen LogP contribution is -2.49. The molecule has 0 bridgehead atoms. The number of carbonyl (C=O) groups is 1. The van der Waals surface area contributed by atoms with Crippen LogP contribution in [0, 0.1) is 5.41 Å². The van der Waals surface area contributed by atoms with E-state index in [-0.39, 0.29) is 17.4 Å². The number of para-hydroxylation sites is 2. The second-order valence-corrected chi connectivity index (χ2v) is 6.78. The van der Waals surface area contributed by atoms with E-state index in [1.807, 2.05) is 52.0 Å². The Morgan fingerprint density at radius 1 is 1.36 bits per heavy atom. The Labute approximate surface area is 131 Å². The number of benzene rings is 1. The Morgan fingerprint density at radius 3 is 2.59 bits per heavy atom. The van der Waals surface area contributed by atoms with Gasteiger partial charge in [0, 0.05) is 6.54 Å². The van der Waals surface area contributed by atoms with Crippen LogP contribution < -0.4 is 11.1 Å². The molecule has 22 heavy (non-hydrogen) atoms. The van der Waals surface area contributed by atoms with Crippen LogP contribution >= 0.6 is 0 Å². The Hall–Kier alpha value is -1.88. The van der Waals surface area contributed by atoms with Gasteiger partial charge in [0.2, 0.25) is 5.91 Å². The molecule has 0 saturated carbocycles. The number of fused-ring (bicyclic) bond motifs is 1. The average molecular weight is 302 g/mol. The highest BCUT2D eigenvalue weighted by molar-refractivity contribution is 5.83. The first-order valence-electron chi connectivity index (χ1n) is 7.76. The lowest BCUT2D eigenvalue weighted by Gasteiger charge is -2.27. The van der Waals surface area contributed by atoms with Gasteiger partial charge >= 0.3 is 0 Å². The highest BCUT2D eigenvalue weighted by Crippen LogP contribution is 2.22. The van der Waals surface area contributed by atoms with Gasteiger partial charge in [-0.05, 0) is 31.4 Å². The van der Waals surface area contributed by atoms with E-state index in [2.05, 4.69) is 21.8 Å². The quantitative estimate of drug-likeness (QED) is 0.912. The molecule has 0 aliphatic rings. The molecule has 1 amide bonds.